The van der Waals surface area contributed by atoms with Crippen molar-refractivity contribution in [3.05, 3.63) is 65.7 Å². The van der Waals surface area contributed by atoms with E-state index in [-0.39, 0.29) is 5.91 Å². The van der Waals surface area contributed by atoms with Gasteiger partial charge in [0.2, 0.25) is 0 Å². The van der Waals surface area contributed by atoms with Gasteiger partial charge in [-0.3, -0.25) is 4.79 Å². The Morgan fingerprint density at radius 3 is 2.19 bits per heavy atom. The number of hydrogen-bond acceptors (Lipinski definition) is 2. The molecule has 2 aromatic rings. The quantitative estimate of drug-likeness (QED) is 0.646. The van der Waals surface area contributed by atoms with Crippen molar-refractivity contribution in [1.29, 1.82) is 0 Å². The summed E-state index contributed by atoms with van der Waals surface area (Å²) in [5.74, 6) is -0.230. The van der Waals surface area contributed by atoms with Gasteiger partial charge in [0.15, 0.2) is 0 Å². The first-order valence-corrected chi connectivity index (χ1v) is 7.41. The molecule has 21 heavy (non-hydrogen) atoms. The van der Waals surface area contributed by atoms with Crippen molar-refractivity contribution in [2.45, 2.75) is 17.9 Å². The molecular weight excluding hydrogens is 307 g/mol. The molecule has 1 atom stereocenters. The van der Waals surface area contributed by atoms with Gasteiger partial charge in [-0.1, -0.05) is 35.9 Å². The number of aryl methyl sites for hydroxylation is 1. The summed E-state index contributed by atoms with van der Waals surface area (Å²) in [5, 5.41) is 5.89. The van der Waals surface area contributed by atoms with Gasteiger partial charge < -0.3 is 10.6 Å². The third kappa shape index (κ3) is 4.66. The average molecular weight is 323 g/mol. The van der Waals surface area contributed by atoms with Gasteiger partial charge >= 0.3 is 0 Å². The molecule has 0 fully saturated rings. The third-order valence-corrected chi connectivity index (χ3v) is 3.45. The molecule has 0 spiro atoms. The van der Waals surface area contributed by atoms with E-state index in [1.165, 1.54) is 0 Å². The molecule has 3 nitrogen and oxygen atoms in total. The molecule has 0 saturated carbocycles. The van der Waals surface area contributed by atoms with Gasteiger partial charge in [-0.25, -0.2) is 0 Å². The van der Waals surface area contributed by atoms with E-state index >= 15 is 0 Å². The van der Waals surface area contributed by atoms with Gasteiger partial charge in [0.1, 0.15) is 11.0 Å². The van der Waals surface area contributed by atoms with Gasteiger partial charge in [0.25, 0.3) is 5.91 Å². The van der Waals surface area contributed by atoms with E-state index in [2.05, 4.69) is 10.6 Å². The molecule has 0 saturated heterocycles. The Kier molecular flexibility index (Phi) is 5.48. The molecule has 0 aliphatic rings. The van der Waals surface area contributed by atoms with E-state index in [0.29, 0.717) is 5.56 Å². The summed E-state index contributed by atoms with van der Waals surface area (Å²) in [6.07, 6.45) is -0.580. The molecule has 2 rings (SSSR count). The second-order valence-corrected chi connectivity index (χ2v) is 5.83. The second kappa shape index (κ2) is 7.34. The summed E-state index contributed by atoms with van der Waals surface area (Å²) >= 11 is 11.9. The fraction of sp³-hybridized carbons (Fsp3) is 0.188. The topological polar surface area (TPSA) is 41.1 Å². The molecule has 0 radical (unpaired) electrons. The molecule has 2 aromatic carbocycles. The van der Waals surface area contributed by atoms with E-state index in [0.717, 1.165) is 11.3 Å². The summed E-state index contributed by atoms with van der Waals surface area (Å²) in [7, 11) is 0. The molecule has 0 heterocycles. The number of amides is 1. The minimum atomic E-state index is -0.779. The highest BCUT2D eigenvalue weighted by molar-refractivity contribution is 6.45. The van der Waals surface area contributed by atoms with E-state index in [1.54, 1.807) is 24.3 Å². The largest absolute Gasteiger partial charge is 0.363 e. The number of alkyl halides is 2. The summed E-state index contributed by atoms with van der Waals surface area (Å²) in [4.78, 5) is 11.4. The van der Waals surface area contributed by atoms with Crippen molar-refractivity contribution in [3.63, 3.8) is 0 Å². The predicted molar refractivity (Wildman–Crippen MR) is 88.0 cm³/mol. The van der Waals surface area contributed by atoms with Crippen molar-refractivity contribution in [2.24, 2.45) is 0 Å². The van der Waals surface area contributed by atoms with E-state index in [1.807, 2.05) is 37.3 Å². The van der Waals surface area contributed by atoms with Crippen molar-refractivity contribution in [1.82, 2.24) is 5.32 Å². The molecule has 2 N–H and O–H groups in total. The van der Waals surface area contributed by atoms with Gasteiger partial charge in [-0.05, 0) is 31.2 Å². The van der Waals surface area contributed by atoms with Crippen LogP contribution in [0.5, 0.6) is 0 Å². The molecule has 110 valence electrons. The van der Waals surface area contributed by atoms with Gasteiger partial charge in [0, 0.05) is 11.3 Å². The Hall–Kier alpha value is -1.71. The lowest BCUT2D eigenvalue weighted by Gasteiger charge is -2.22. The fourth-order valence-corrected chi connectivity index (χ4v) is 2.06. The molecule has 0 unspecified atom stereocenters. The number of rotatable bonds is 5. The monoisotopic (exact) mass is 322 g/mol. The first-order valence-electron chi connectivity index (χ1n) is 6.53. The summed E-state index contributed by atoms with van der Waals surface area (Å²) in [6, 6.07) is 16.7. The van der Waals surface area contributed by atoms with Crippen molar-refractivity contribution < 1.29 is 4.79 Å². The lowest BCUT2D eigenvalue weighted by Crippen LogP contribution is -2.44. The van der Waals surface area contributed by atoms with Gasteiger partial charge in [0.05, 0.1) is 0 Å². The Labute approximate surface area is 134 Å². The SMILES string of the molecule is Cc1ccc(N[C@H](NC(=O)c2ccccc2)C(Cl)Cl)cc1. The lowest BCUT2D eigenvalue weighted by molar-refractivity contribution is 0.0943. The zero-order valence-electron chi connectivity index (χ0n) is 11.5. The smallest absolute Gasteiger partial charge is 0.252 e. The maximum absolute atomic E-state index is 12.1. The minimum Gasteiger partial charge on any atom is -0.363 e. The summed E-state index contributed by atoms with van der Waals surface area (Å²) in [6.45, 7) is 2.00. The van der Waals surface area contributed by atoms with Gasteiger partial charge in [-0.2, -0.15) is 0 Å². The molecule has 1 amide bonds. The number of nitrogens with one attached hydrogen (secondary N) is 2. The number of hydrogen-bond donors (Lipinski definition) is 2. The molecule has 0 aliphatic carbocycles. The van der Waals surface area contributed by atoms with Crippen LogP contribution in [0.15, 0.2) is 54.6 Å². The Morgan fingerprint density at radius 2 is 1.62 bits per heavy atom. The third-order valence-electron chi connectivity index (χ3n) is 2.95. The van der Waals surface area contributed by atoms with Crippen LogP contribution in [0.3, 0.4) is 0 Å². The zero-order chi connectivity index (χ0) is 15.2. The minimum absolute atomic E-state index is 0.230. The predicted octanol–water partition coefficient (Wildman–Crippen LogP) is 3.97. The van der Waals surface area contributed by atoms with Crippen LogP contribution in [0.4, 0.5) is 5.69 Å². The normalized spacial score (nSPS) is 12.0. The maximum atomic E-state index is 12.1. The molecule has 5 heteroatoms. The zero-order valence-corrected chi connectivity index (χ0v) is 13.0. The van der Waals surface area contributed by atoms with Crippen molar-refractivity contribution >= 4 is 34.8 Å². The number of carbonyl (C=O) groups excluding carboxylic acids is 1. The number of carbonyl (C=O) groups is 1. The van der Waals surface area contributed by atoms with Crippen LogP contribution < -0.4 is 10.6 Å². The first-order chi connectivity index (χ1) is 10.1. The highest BCUT2D eigenvalue weighted by Gasteiger charge is 2.19. The van der Waals surface area contributed by atoms with Crippen molar-refractivity contribution in [2.75, 3.05) is 5.32 Å². The van der Waals surface area contributed by atoms with Crippen molar-refractivity contribution in [3.8, 4) is 0 Å². The van der Waals surface area contributed by atoms with Crippen LogP contribution in [0.1, 0.15) is 15.9 Å². The molecule has 0 aliphatic heterocycles. The van der Waals surface area contributed by atoms with E-state index < -0.39 is 11.0 Å². The number of anilines is 1. The average Bonchev–Trinajstić information content (AvgIpc) is 2.49. The standard InChI is InChI=1S/C16H16Cl2N2O/c1-11-7-9-13(10-8-11)19-15(14(17)18)20-16(21)12-5-3-2-4-6-12/h2-10,14-15,19H,1H3,(H,20,21)/t15-/m1/s1. The molecule has 0 aromatic heterocycles. The van der Waals surface area contributed by atoms with Crippen LogP contribution in [0.2, 0.25) is 0 Å². The number of halogens is 2. The van der Waals surface area contributed by atoms with Crippen LogP contribution in [-0.4, -0.2) is 16.9 Å². The Balaban J connectivity index is 2.06. The molecule has 0 bridgehead atoms. The summed E-state index contributed by atoms with van der Waals surface area (Å²) < 4.78 is 0. The highest BCUT2D eigenvalue weighted by Crippen LogP contribution is 2.15. The summed E-state index contributed by atoms with van der Waals surface area (Å²) in [5.41, 5.74) is 2.55. The van der Waals surface area contributed by atoms with E-state index in [4.69, 9.17) is 23.2 Å². The maximum Gasteiger partial charge on any atom is 0.252 e. The van der Waals surface area contributed by atoms with Crippen LogP contribution >= 0.6 is 23.2 Å². The first kappa shape index (κ1) is 15.7. The van der Waals surface area contributed by atoms with Crippen LogP contribution in [-0.2, 0) is 0 Å². The lowest BCUT2D eigenvalue weighted by atomic mass is 10.2. The molecular formula is C16H16Cl2N2O. The Morgan fingerprint density at radius 1 is 1.00 bits per heavy atom. The highest BCUT2D eigenvalue weighted by atomic mass is 35.5. The number of benzene rings is 2. The van der Waals surface area contributed by atoms with Crippen LogP contribution in [0, 0.1) is 6.92 Å². The fourth-order valence-electron chi connectivity index (χ4n) is 1.81. The Bertz CT molecular complexity index is 585. The van der Waals surface area contributed by atoms with Gasteiger partial charge in [-0.15, -0.1) is 23.2 Å². The van der Waals surface area contributed by atoms with Crippen LogP contribution in [0.25, 0.3) is 0 Å². The van der Waals surface area contributed by atoms with E-state index in [9.17, 15) is 4.79 Å². The second-order valence-electron chi connectivity index (χ2n) is 4.66.